The van der Waals surface area contributed by atoms with Gasteiger partial charge in [0.2, 0.25) is 0 Å². The van der Waals surface area contributed by atoms with Crippen LogP contribution in [0.15, 0.2) is 41.2 Å². The predicted molar refractivity (Wildman–Crippen MR) is 100.0 cm³/mol. The minimum atomic E-state index is -0.954. The lowest BCUT2D eigenvalue weighted by Gasteiger charge is -2.38. The highest BCUT2D eigenvalue weighted by Crippen LogP contribution is 2.32. The van der Waals surface area contributed by atoms with E-state index in [9.17, 15) is 9.90 Å². The van der Waals surface area contributed by atoms with Crippen LogP contribution in [0.1, 0.15) is 45.1 Å². The number of hydrogen-bond donors (Lipinski definition) is 1. The van der Waals surface area contributed by atoms with E-state index in [-0.39, 0.29) is 5.41 Å². The molecule has 0 saturated carbocycles. The Kier molecular flexibility index (Phi) is 5.05. The molecule has 1 aliphatic rings. The van der Waals surface area contributed by atoms with Gasteiger partial charge in [0, 0.05) is 31.2 Å². The number of carboxylic acids is 1. The van der Waals surface area contributed by atoms with Crippen molar-refractivity contribution in [2.75, 3.05) is 19.6 Å². The van der Waals surface area contributed by atoms with Crippen molar-refractivity contribution in [3.8, 4) is 0 Å². The molecule has 3 rings (SSSR count). The smallest absolute Gasteiger partial charge is 0.331 e. The van der Waals surface area contributed by atoms with Crippen LogP contribution in [-0.2, 0) is 15.7 Å². The molecule has 2 aromatic rings. The summed E-state index contributed by atoms with van der Waals surface area (Å²) in [6, 6.07) is 5.70. The van der Waals surface area contributed by atoms with Gasteiger partial charge < -0.3 is 9.52 Å². The van der Waals surface area contributed by atoms with E-state index in [2.05, 4.69) is 36.8 Å². The fourth-order valence-electron chi connectivity index (χ4n) is 3.31. The van der Waals surface area contributed by atoms with Crippen LogP contribution in [0.2, 0.25) is 0 Å². The topological polar surface area (TPSA) is 71.5 Å². The molecule has 6 nitrogen and oxygen atoms in total. The number of likely N-dealkylation sites (tertiary alicyclic amines) is 1. The van der Waals surface area contributed by atoms with Crippen molar-refractivity contribution in [1.29, 1.82) is 0 Å². The number of aromatic nitrogens is 2. The SMILES string of the molecule is CC(C)(C)c1ccn(C2(C(=O)O)CCN(CC=Cc3ccco3)CC2)n1. The Hall–Kier alpha value is -2.34. The Bertz CT molecular complexity index is 761. The number of aliphatic carboxylic acids is 1. The van der Waals surface area contributed by atoms with Gasteiger partial charge in [0.15, 0.2) is 5.54 Å². The summed E-state index contributed by atoms with van der Waals surface area (Å²) in [6.45, 7) is 8.48. The normalized spacial score (nSPS) is 18.4. The third kappa shape index (κ3) is 3.75. The van der Waals surface area contributed by atoms with E-state index >= 15 is 0 Å². The summed E-state index contributed by atoms with van der Waals surface area (Å²) in [4.78, 5) is 14.4. The van der Waals surface area contributed by atoms with Crippen molar-refractivity contribution in [3.05, 3.63) is 48.2 Å². The molecule has 26 heavy (non-hydrogen) atoms. The van der Waals surface area contributed by atoms with Gasteiger partial charge in [0.05, 0.1) is 12.0 Å². The summed E-state index contributed by atoms with van der Waals surface area (Å²) in [5, 5.41) is 14.5. The molecule has 1 fully saturated rings. The number of piperidine rings is 1. The quantitative estimate of drug-likeness (QED) is 0.888. The van der Waals surface area contributed by atoms with Crippen LogP contribution >= 0.6 is 0 Å². The molecule has 0 bridgehead atoms. The van der Waals surface area contributed by atoms with Crippen LogP contribution in [0.25, 0.3) is 6.08 Å². The average Bonchev–Trinajstić information content (AvgIpc) is 3.27. The molecule has 0 radical (unpaired) electrons. The number of rotatable bonds is 5. The third-order valence-corrected chi connectivity index (χ3v) is 5.07. The molecule has 6 heteroatoms. The second-order valence-corrected chi connectivity index (χ2v) is 7.95. The molecule has 0 amide bonds. The molecular formula is C20H27N3O3. The Morgan fingerprint density at radius 1 is 1.35 bits per heavy atom. The van der Waals surface area contributed by atoms with Crippen LogP contribution in [0.3, 0.4) is 0 Å². The Morgan fingerprint density at radius 2 is 2.08 bits per heavy atom. The maximum Gasteiger partial charge on any atom is 0.331 e. The Labute approximate surface area is 154 Å². The molecule has 0 unspecified atom stereocenters. The zero-order valence-electron chi connectivity index (χ0n) is 15.7. The van der Waals surface area contributed by atoms with Crippen LogP contribution < -0.4 is 0 Å². The van der Waals surface area contributed by atoms with Crippen LogP contribution in [0.4, 0.5) is 0 Å². The summed E-state index contributed by atoms with van der Waals surface area (Å²) in [6.07, 6.45) is 8.56. The summed E-state index contributed by atoms with van der Waals surface area (Å²) >= 11 is 0. The van der Waals surface area contributed by atoms with E-state index < -0.39 is 11.5 Å². The van der Waals surface area contributed by atoms with E-state index in [1.165, 1.54) is 0 Å². The molecule has 1 N–H and O–H groups in total. The van der Waals surface area contributed by atoms with Gasteiger partial charge >= 0.3 is 5.97 Å². The lowest BCUT2D eigenvalue weighted by molar-refractivity contribution is -0.151. The van der Waals surface area contributed by atoms with Gasteiger partial charge in [0.25, 0.3) is 0 Å². The largest absolute Gasteiger partial charge is 0.479 e. The van der Waals surface area contributed by atoms with Gasteiger partial charge in [-0.05, 0) is 37.1 Å². The first-order valence-electron chi connectivity index (χ1n) is 9.04. The molecule has 1 aliphatic heterocycles. The first kappa shape index (κ1) is 18.5. The second kappa shape index (κ2) is 7.11. The van der Waals surface area contributed by atoms with Gasteiger partial charge in [-0.15, -0.1) is 0 Å². The molecule has 3 heterocycles. The van der Waals surface area contributed by atoms with E-state index in [0.717, 1.165) is 31.1 Å². The lowest BCUT2D eigenvalue weighted by atomic mass is 9.87. The number of nitrogens with zero attached hydrogens (tertiary/aromatic N) is 3. The van der Waals surface area contributed by atoms with E-state index in [4.69, 9.17) is 4.42 Å². The first-order chi connectivity index (χ1) is 12.3. The zero-order valence-corrected chi connectivity index (χ0v) is 15.7. The van der Waals surface area contributed by atoms with Crippen molar-refractivity contribution in [2.45, 2.75) is 44.6 Å². The molecule has 140 valence electrons. The van der Waals surface area contributed by atoms with Gasteiger partial charge in [-0.2, -0.15) is 5.10 Å². The number of hydrogen-bond acceptors (Lipinski definition) is 4. The fourth-order valence-corrected chi connectivity index (χ4v) is 3.31. The van der Waals surface area contributed by atoms with E-state index in [1.807, 2.05) is 30.5 Å². The van der Waals surface area contributed by atoms with Crippen molar-refractivity contribution < 1.29 is 14.3 Å². The Balaban J connectivity index is 1.67. The van der Waals surface area contributed by atoms with Crippen molar-refractivity contribution in [2.24, 2.45) is 0 Å². The van der Waals surface area contributed by atoms with E-state index in [0.29, 0.717) is 12.8 Å². The average molecular weight is 357 g/mol. The van der Waals surface area contributed by atoms with Crippen molar-refractivity contribution in [1.82, 2.24) is 14.7 Å². The minimum Gasteiger partial charge on any atom is -0.479 e. The highest BCUT2D eigenvalue weighted by Gasteiger charge is 2.44. The zero-order chi connectivity index (χ0) is 18.8. The highest BCUT2D eigenvalue weighted by molar-refractivity contribution is 5.76. The second-order valence-electron chi connectivity index (χ2n) is 7.95. The monoisotopic (exact) mass is 357 g/mol. The number of furan rings is 1. The van der Waals surface area contributed by atoms with Gasteiger partial charge in [0.1, 0.15) is 5.76 Å². The summed E-state index contributed by atoms with van der Waals surface area (Å²) in [7, 11) is 0. The third-order valence-electron chi connectivity index (χ3n) is 5.07. The molecule has 2 aromatic heterocycles. The maximum absolute atomic E-state index is 12.1. The van der Waals surface area contributed by atoms with Crippen LogP contribution in [-0.4, -0.2) is 45.4 Å². The van der Waals surface area contributed by atoms with Gasteiger partial charge in [-0.1, -0.05) is 26.8 Å². The minimum absolute atomic E-state index is 0.0949. The summed E-state index contributed by atoms with van der Waals surface area (Å²) in [5.41, 5.74) is -0.130. The number of carbonyl (C=O) groups is 1. The lowest BCUT2D eigenvalue weighted by Crippen LogP contribution is -2.51. The summed E-state index contributed by atoms with van der Waals surface area (Å²) < 4.78 is 6.95. The first-order valence-corrected chi connectivity index (χ1v) is 9.04. The molecule has 0 atom stereocenters. The van der Waals surface area contributed by atoms with Gasteiger partial charge in [-0.3, -0.25) is 9.58 Å². The van der Waals surface area contributed by atoms with Crippen LogP contribution in [0.5, 0.6) is 0 Å². The molecule has 1 saturated heterocycles. The van der Waals surface area contributed by atoms with Crippen LogP contribution in [0, 0.1) is 0 Å². The van der Waals surface area contributed by atoms with E-state index in [1.54, 1.807) is 10.9 Å². The Morgan fingerprint density at radius 3 is 2.62 bits per heavy atom. The summed E-state index contributed by atoms with van der Waals surface area (Å²) in [5.74, 6) is 0.0278. The standard InChI is InChI=1S/C20H27N3O3/c1-19(2,3)17-8-12-23(21-17)20(18(24)25)9-13-22(14-10-20)11-4-6-16-7-5-15-26-16/h4-8,12,15H,9-11,13-14H2,1-3H3,(H,24,25). The molecule has 0 spiro atoms. The van der Waals surface area contributed by atoms with Crippen molar-refractivity contribution >= 4 is 12.0 Å². The van der Waals surface area contributed by atoms with Crippen molar-refractivity contribution in [3.63, 3.8) is 0 Å². The number of carboxylic acid groups (broad SMARTS) is 1. The maximum atomic E-state index is 12.1. The molecule has 0 aromatic carbocycles. The highest BCUT2D eigenvalue weighted by atomic mass is 16.4. The fraction of sp³-hybridized carbons (Fsp3) is 0.500. The van der Waals surface area contributed by atoms with Gasteiger partial charge in [-0.25, -0.2) is 4.79 Å². The predicted octanol–water partition coefficient (Wildman–Crippen LogP) is 3.36. The molecular weight excluding hydrogens is 330 g/mol. The molecule has 0 aliphatic carbocycles.